The van der Waals surface area contributed by atoms with Crippen LogP contribution in [0, 0.1) is 13.8 Å². The second-order valence-corrected chi connectivity index (χ2v) is 7.33. The van der Waals surface area contributed by atoms with Crippen molar-refractivity contribution in [3.8, 4) is 5.69 Å². The van der Waals surface area contributed by atoms with E-state index in [1.807, 2.05) is 4.72 Å². The smallest absolute Gasteiger partial charge is 0.274 e. The fraction of sp³-hybridized carbons (Fsp3) is 0.333. The number of hydrogen-bond acceptors (Lipinski definition) is 4. The Balaban J connectivity index is 2.39. The number of hydrogen-bond donors (Lipinski definition) is 1. The van der Waals surface area contributed by atoms with E-state index in [1.54, 1.807) is 13.8 Å². The maximum atomic E-state index is 12.9. The highest BCUT2D eigenvalue weighted by molar-refractivity contribution is 7.89. The summed E-state index contributed by atoms with van der Waals surface area (Å²) < 4.78 is 63.9. The third kappa shape index (κ3) is 4.59. The Kier molecular flexibility index (Phi) is 4.94. The molecule has 0 bridgehead atoms. The van der Waals surface area contributed by atoms with Gasteiger partial charge in [-0.15, -0.1) is 0 Å². The van der Waals surface area contributed by atoms with Crippen molar-refractivity contribution in [1.82, 2.24) is 14.5 Å². The van der Waals surface area contributed by atoms with E-state index in [1.165, 1.54) is 16.8 Å². The number of alkyl halides is 3. The number of halogens is 3. The number of rotatable bonds is 4. The van der Waals surface area contributed by atoms with Crippen molar-refractivity contribution in [2.24, 2.45) is 0 Å². The highest BCUT2D eigenvalue weighted by Gasteiger charge is 2.30. The van der Waals surface area contributed by atoms with E-state index in [0.717, 1.165) is 18.4 Å². The van der Waals surface area contributed by atoms with Crippen LogP contribution >= 0.6 is 0 Å². The number of aromatic nitrogens is 2. The van der Waals surface area contributed by atoms with E-state index < -0.39 is 27.7 Å². The lowest BCUT2D eigenvalue weighted by Crippen LogP contribution is -2.30. The molecule has 0 radical (unpaired) electrons. The lowest BCUT2D eigenvalue weighted by atomic mass is 10.1. The third-order valence-corrected chi connectivity index (χ3v) is 4.09. The fourth-order valence-electron chi connectivity index (χ4n) is 2.40. The average Bonchev–Trinajstić information content (AvgIpc) is 2.73. The Hall–Kier alpha value is -2.36. The first-order chi connectivity index (χ1) is 11.4. The molecule has 1 amide bonds. The number of sulfonamides is 1. The van der Waals surface area contributed by atoms with Crippen molar-refractivity contribution >= 4 is 15.9 Å². The Morgan fingerprint density at radius 3 is 2.48 bits per heavy atom. The Bertz CT molecular complexity index is 918. The molecule has 0 aliphatic rings. The number of carbonyl (C=O) groups excluding carboxylic acids is 1. The summed E-state index contributed by atoms with van der Waals surface area (Å²) in [6, 6.07) is 4.65. The van der Waals surface area contributed by atoms with Gasteiger partial charge in [0.15, 0.2) is 0 Å². The molecule has 0 atom stereocenters. The van der Waals surface area contributed by atoms with E-state index in [9.17, 15) is 26.4 Å². The minimum absolute atomic E-state index is 0.199. The molecule has 2 aromatic rings. The predicted octanol–water partition coefficient (Wildman–Crippen LogP) is 2.13. The molecule has 0 unspecified atom stereocenters. The SMILES string of the molecule is Cc1nn(-c2cccc(C(F)(F)F)c2)c(C)c1CC(=O)NS(C)(=O)=O. The summed E-state index contributed by atoms with van der Waals surface area (Å²) in [7, 11) is -3.69. The maximum Gasteiger partial charge on any atom is 0.416 e. The van der Waals surface area contributed by atoms with Gasteiger partial charge in [0.05, 0.1) is 29.6 Å². The van der Waals surface area contributed by atoms with Gasteiger partial charge in [0.25, 0.3) is 0 Å². The van der Waals surface area contributed by atoms with E-state index in [2.05, 4.69) is 5.10 Å². The van der Waals surface area contributed by atoms with Gasteiger partial charge in [-0.25, -0.2) is 13.1 Å². The van der Waals surface area contributed by atoms with Crippen molar-refractivity contribution in [2.45, 2.75) is 26.4 Å². The molecule has 0 spiro atoms. The highest BCUT2D eigenvalue weighted by atomic mass is 32.2. The first-order valence-electron chi connectivity index (χ1n) is 7.12. The first kappa shape index (κ1) is 19.0. The normalized spacial score (nSPS) is 12.2. The van der Waals surface area contributed by atoms with Gasteiger partial charge in [-0.2, -0.15) is 18.3 Å². The zero-order valence-corrected chi connectivity index (χ0v) is 14.5. The molecule has 1 N–H and O–H groups in total. The molecule has 0 saturated carbocycles. The summed E-state index contributed by atoms with van der Waals surface area (Å²) >= 11 is 0. The monoisotopic (exact) mass is 375 g/mol. The molecule has 2 rings (SSSR count). The minimum atomic E-state index is -4.48. The van der Waals surface area contributed by atoms with E-state index >= 15 is 0 Å². The number of nitrogens with one attached hydrogen (secondary N) is 1. The van der Waals surface area contributed by atoms with Gasteiger partial charge in [0, 0.05) is 11.3 Å². The van der Waals surface area contributed by atoms with Crippen LogP contribution in [0.2, 0.25) is 0 Å². The Morgan fingerprint density at radius 1 is 1.28 bits per heavy atom. The molecular weight excluding hydrogens is 359 g/mol. The van der Waals surface area contributed by atoms with E-state index in [-0.39, 0.29) is 12.1 Å². The van der Waals surface area contributed by atoms with Crippen molar-refractivity contribution in [1.29, 1.82) is 0 Å². The Labute approximate surface area is 142 Å². The molecule has 10 heteroatoms. The standard InChI is InChI=1S/C15H16F3N3O3S/c1-9-13(8-14(22)20-25(3,23)24)10(2)21(19-9)12-6-4-5-11(7-12)15(16,17)18/h4-7H,8H2,1-3H3,(H,20,22). The molecule has 25 heavy (non-hydrogen) atoms. The fourth-order valence-corrected chi connectivity index (χ4v) is 2.89. The zero-order valence-electron chi connectivity index (χ0n) is 13.7. The van der Waals surface area contributed by atoms with Crippen LogP contribution in [0.4, 0.5) is 13.2 Å². The molecule has 0 fully saturated rings. The van der Waals surface area contributed by atoms with Crippen molar-refractivity contribution in [2.75, 3.05) is 6.26 Å². The number of nitrogens with zero attached hydrogens (tertiary/aromatic N) is 2. The third-order valence-electron chi connectivity index (χ3n) is 3.50. The summed E-state index contributed by atoms with van der Waals surface area (Å²) in [4.78, 5) is 11.8. The van der Waals surface area contributed by atoms with Crippen molar-refractivity contribution in [3.63, 3.8) is 0 Å². The van der Waals surface area contributed by atoms with Gasteiger partial charge in [-0.1, -0.05) is 6.07 Å². The summed E-state index contributed by atoms with van der Waals surface area (Å²) in [5, 5.41) is 4.17. The molecule has 6 nitrogen and oxygen atoms in total. The molecule has 1 aromatic heterocycles. The molecule has 1 heterocycles. The molecule has 0 saturated heterocycles. The summed E-state index contributed by atoms with van der Waals surface area (Å²) in [5.41, 5.74) is 0.733. The predicted molar refractivity (Wildman–Crippen MR) is 84.7 cm³/mol. The van der Waals surface area contributed by atoms with Crippen LogP contribution in [0.1, 0.15) is 22.5 Å². The van der Waals surface area contributed by atoms with Crippen LogP contribution in [0.3, 0.4) is 0 Å². The van der Waals surface area contributed by atoms with Gasteiger partial charge >= 0.3 is 6.18 Å². The van der Waals surface area contributed by atoms with Gasteiger partial charge < -0.3 is 0 Å². The maximum absolute atomic E-state index is 12.9. The van der Waals surface area contributed by atoms with Gasteiger partial charge in [-0.05, 0) is 32.0 Å². The first-order valence-corrected chi connectivity index (χ1v) is 9.01. The minimum Gasteiger partial charge on any atom is -0.274 e. The Morgan fingerprint density at radius 2 is 1.92 bits per heavy atom. The van der Waals surface area contributed by atoms with Crippen molar-refractivity contribution in [3.05, 3.63) is 46.8 Å². The lowest BCUT2D eigenvalue weighted by Gasteiger charge is -2.10. The lowest BCUT2D eigenvalue weighted by molar-refractivity contribution is -0.137. The van der Waals surface area contributed by atoms with Gasteiger partial charge in [-0.3, -0.25) is 9.52 Å². The van der Waals surface area contributed by atoms with Gasteiger partial charge in [0.1, 0.15) is 0 Å². The number of carbonyl (C=O) groups is 1. The number of benzene rings is 1. The number of amides is 1. The van der Waals surface area contributed by atoms with Crippen LogP contribution < -0.4 is 4.72 Å². The molecule has 0 aliphatic heterocycles. The van der Waals surface area contributed by atoms with Crippen LogP contribution in [-0.2, 0) is 27.4 Å². The summed E-state index contributed by atoms with van der Waals surface area (Å²) in [6.45, 7) is 3.20. The molecule has 0 aliphatic carbocycles. The zero-order chi connectivity index (χ0) is 19.0. The topological polar surface area (TPSA) is 81.1 Å². The average molecular weight is 375 g/mol. The largest absolute Gasteiger partial charge is 0.416 e. The van der Waals surface area contributed by atoms with Gasteiger partial charge in [0.2, 0.25) is 15.9 Å². The van der Waals surface area contributed by atoms with Crippen LogP contribution in [0.25, 0.3) is 5.69 Å². The highest BCUT2D eigenvalue weighted by Crippen LogP contribution is 2.30. The van der Waals surface area contributed by atoms with E-state index in [4.69, 9.17) is 0 Å². The van der Waals surface area contributed by atoms with Crippen LogP contribution in [-0.4, -0.2) is 30.4 Å². The number of aryl methyl sites for hydroxylation is 1. The molecule has 1 aromatic carbocycles. The molecular formula is C15H16F3N3O3S. The van der Waals surface area contributed by atoms with Crippen LogP contribution in [0.5, 0.6) is 0 Å². The van der Waals surface area contributed by atoms with Crippen molar-refractivity contribution < 1.29 is 26.4 Å². The summed E-state index contributed by atoms with van der Waals surface area (Å²) in [6.07, 6.45) is -3.87. The second-order valence-electron chi connectivity index (χ2n) is 5.58. The van der Waals surface area contributed by atoms with E-state index in [0.29, 0.717) is 17.0 Å². The second kappa shape index (κ2) is 6.51. The summed E-state index contributed by atoms with van der Waals surface area (Å²) in [5.74, 6) is -0.739. The van der Waals surface area contributed by atoms with Crippen LogP contribution in [0.15, 0.2) is 24.3 Å². The molecule has 136 valence electrons. The quantitative estimate of drug-likeness (QED) is 0.888.